The van der Waals surface area contributed by atoms with Gasteiger partial charge in [-0.2, -0.15) is 0 Å². The third-order valence-electron chi connectivity index (χ3n) is 7.29. The van der Waals surface area contributed by atoms with Crippen LogP contribution in [0.2, 0.25) is 0 Å². The monoisotopic (exact) mass is 554 g/mol. The van der Waals surface area contributed by atoms with Crippen molar-refractivity contribution >= 4 is 29.1 Å². The van der Waals surface area contributed by atoms with Gasteiger partial charge in [0.1, 0.15) is 0 Å². The van der Waals surface area contributed by atoms with Gasteiger partial charge in [0.05, 0.1) is 28.5 Å². The molecule has 5 rings (SSSR count). The minimum absolute atomic E-state index is 0.177. The number of hydrogen-bond donors (Lipinski definition) is 0. The van der Waals surface area contributed by atoms with Crippen LogP contribution in [0.5, 0.6) is 0 Å². The quantitative estimate of drug-likeness (QED) is 0.327. The minimum atomic E-state index is -0.610. The van der Waals surface area contributed by atoms with Gasteiger partial charge in [0.2, 0.25) is 0 Å². The Morgan fingerprint density at radius 2 is 1.73 bits per heavy atom. The number of fused-ring (bicyclic) bond motifs is 1. The number of nitrogens with zero attached hydrogens (tertiary/aromatic N) is 4. The highest BCUT2D eigenvalue weighted by molar-refractivity contribution is 7.07. The van der Waals surface area contributed by atoms with Gasteiger partial charge in [0.15, 0.2) is 4.80 Å². The molecule has 4 aromatic rings. The van der Waals surface area contributed by atoms with Crippen LogP contribution in [0.25, 0.3) is 11.8 Å². The number of benzene rings is 2. The summed E-state index contributed by atoms with van der Waals surface area (Å²) in [5.74, 6) is -0.451. The van der Waals surface area contributed by atoms with Crippen LogP contribution < -0.4 is 19.8 Å². The lowest BCUT2D eigenvalue weighted by Gasteiger charge is -2.24. The number of ether oxygens (including phenoxy) is 1. The van der Waals surface area contributed by atoms with E-state index in [0.717, 1.165) is 39.5 Å². The van der Waals surface area contributed by atoms with E-state index < -0.39 is 12.0 Å². The Morgan fingerprint density at radius 1 is 1.05 bits per heavy atom. The summed E-state index contributed by atoms with van der Waals surface area (Å²) in [6.45, 7) is 9.96. The standard InChI is InChI=1S/C32H34N4O3S/c1-8-39-31(38)28-21(4)33-32-36(29(28)23-11-9-19(2)10-12-23)30(37)27(40-32)18-24-17-20(3)35(22(24)5)26-15-13-25(14-16-26)34(6)7/h9-18,29H,8H2,1-7H3/b27-18+/t29-/m1/s1. The number of carbonyl (C=O) groups excluding carboxylic acids is 1. The summed E-state index contributed by atoms with van der Waals surface area (Å²) >= 11 is 1.34. The lowest BCUT2D eigenvalue weighted by Crippen LogP contribution is -2.39. The first-order valence-electron chi connectivity index (χ1n) is 13.3. The molecule has 8 heteroatoms. The van der Waals surface area contributed by atoms with Gasteiger partial charge in [-0.25, -0.2) is 9.79 Å². The molecule has 2 aromatic carbocycles. The maximum Gasteiger partial charge on any atom is 0.338 e. The molecular formula is C32H34N4O3S. The van der Waals surface area contributed by atoms with Gasteiger partial charge < -0.3 is 14.2 Å². The van der Waals surface area contributed by atoms with Crippen molar-refractivity contribution < 1.29 is 9.53 Å². The molecule has 0 unspecified atom stereocenters. The zero-order valence-corrected chi connectivity index (χ0v) is 24.8. The van der Waals surface area contributed by atoms with Crippen LogP contribution in [0.4, 0.5) is 5.69 Å². The summed E-state index contributed by atoms with van der Waals surface area (Å²) < 4.78 is 9.80. The first-order chi connectivity index (χ1) is 19.1. The zero-order valence-electron chi connectivity index (χ0n) is 24.0. The fraction of sp³-hybridized carbons (Fsp3) is 0.281. The summed E-state index contributed by atoms with van der Waals surface area (Å²) in [6.07, 6.45) is 1.94. The molecule has 3 heterocycles. The van der Waals surface area contributed by atoms with Gasteiger partial charge in [-0.05, 0) is 82.2 Å². The largest absolute Gasteiger partial charge is 0.463 e. The van der Waals surface area contributed by atoms with Gasteiger partial charge in [0.25, 0.3) is 5.56 Å². The topological polar surface area (TPSA) is 68.8 Å². The molecule has 1 aliphatic heterocycles. The van der Waals surface area contributed by atoms with E-state index in [1.807, 2.05) is 51.4 Å². The number of aromatic nitrogens is 2. The molecule has 0 radical (unpaired) electrons. The number of thiazole rings is 1. The van der Waals surface area contributed by atoms with Crippen molar-refractivity contribution in [3.8, 4) is 5.69 Å². The fourth-order valence-electron chi connectivity index (χ4n) is 5.23. The molecule has 0 saturated heterocycles. The van der Waals surface area contributed by atoms with Gasteiger partial charge in [0, 0.05) is 36.9 Å². The Labute approximate surface area is 238 Å². The number of hydrogen-bond acceptors (Lipinski definition) is 6. The van der Waals surface area contributed by atoms with Crippen LogP contribution in [0.1, 0.15) is 48.0 Å². The number of allylic oxidation sites excluding steroid dienone is 1. The Kier molecular flexibility index (Phi) is 7.38. The molecule has 0 fully saturated rings. The number of rotatable bonds is 6. The number of anilines is 1. The second-order valence-corrected chi connectivity index (χ2v) is 11.3. The second-order valence-electron chi connectivity index (χ2n) is 10.3. The summed E-state index contributed by atoms with van der Waals surface area (Å²) in [4.78, 5) is 34.4. The van der Waals surface area contributed by atoms with Crippen LogP contribution in [0, 0.1) is 20.8 Å². The Balaban J connectivity index is 1.65. The summed E-state index contributed by atoms with van der Waals surface area (Å²) in [7, 11) is 4.05. The molecule has 2 aromatic heterocycles. The van der Waals surface area contributed by atoms with Crippen molar-refractivity contribution in [1.29, 1.82) is 0 Å². The van der Waals surface area contributed by atoms with E-state index in [-0.39, 0.29) is 12.2 Å². The lowest BCUT2D eigenvalue weighted by molar-refractivity contribution is -0.139. The van der Waals surface area contributed by atoms with Crippen molar-refractivity contribution in [1.82, 2.24) is 9.13 Å². The maximum atomic E-state index is 14.0. The Hall–Kier alpha value is -4.17. The molecule has 0 aliphatic carbocycles. The van der Waals surface area contributed by atoms with Crippen molar-refractivity contribution in [2.45, 2.75) is 40.7 Å². The molecule has 1 atom stereocenters. The van der Waals surface area contributed by atoms with Gasteiger partial charge in [-0.1, -0.05) is 41.2 Å². The SMILES string of the molecule is CCOC(=O)C1=C(C)N=c2s/c(=C/c3cc(C)n(-c4ccc(N(C)C)cc4)c3C)c(=O)n2[C@@H]1c1ccc(C)cc1. The average Bonchev–Trinajstić information content (AvgIpc) is 3.37. The van der Waals surface area contributed by atoms with Gasteiger partial charge in [-0.3, -0.25) is 9.36 Å². The predicted molar refractivity (Wildman–Crippen MR) is 161 cm³/mol. The summed E-state index contributed by atoms with van der Waals surface area (Å²) in [6, 6.07) is 17.8. The first-order valence-corrected chi connectivity index (χ1v) is 14.1. The van der Waals surface area contributed by atoms with Crippen LogP contribution >= 0.6 is 11.3 Å². The molecule has 40 heavy (non-hydrogen) atoms. The number of aryl methyl sites for hydroxylation is 2. The van der Waals surface area contributed by atoms with Gasteiger partial charge in [-0.15, -0.1) is 0 Å². The zero-order chi connectivity index (χ0) is 28.7. The van der Waals surface area contributed by atoms with E-state index in [4.69, 9.17) is 9.73 Å². The van der Waals surface area contributed by atoms with Crippen molar-refractivity contribution in [3.05, 3.63) is 114 Å². The van der Waals surface area contributed by atoms with E-state index in [9.17, 15) is 9.59 Å². The molecule has 206 valence electrons. The van der Waals surface area contributed by atoms with Crippen LogP contribution in [0.3, 0.4) is 0 Å². The summed E-state index contributed by atoms with van der Waals surface area (Å²) in [5, 5.41) is 0. The van der Waals surface area contributed by atoms with E-state index in [0.29, 0.717) is 20.6 Å². The van der Waals surface area contributed by atoms with Crippen LogP contribution in [-0.4, -0.2) is 35.8 Å². The van der Waals surface area contributed by atoms with Crippen LogP contribution in [-0.2, 0) is 9.53 Å². The van der Waals surface area contributed by atoms with E-state index >= 15 is 0 Å². The third kappa shape index (κ3) is 4.84. The molecule has 0 saturated carbocycles. The third-order valence-corrected chi connectivity index (χ3v) is 8.27. The number of esters is 1. The molecule has 1 aliphatic rings. The molecule has 0 spiro atoms. The molecule has 7 nitrogen and oxygen atoms in total. The van der Waals surface area contributed by atoms with E-state index in [1.165, 1.54) is 11.3 Å². The summed E-state index contributed by atoms with van der Waals surface area (Å²) in [5.41, 5.74) is 8.00. The maximum absolute atomic E-state index is 14.0. The lowest BCUT2D eigenvalue weighted by atomic mass is 9.95. The molecule has 0 N–H and O–H groups in total. The predicted octanol–water partition coefficient (Wildman–Crippen LogP) is 4.58. The second kappa shape index (κ2) is 10.8. The molecular weight excluding hydrogens is 520 g/mol. The smallest absolute Gasteiger partial charge is 0.338 e. The minimum Gasteiger partial charge on any atom is -0.463 e. The Morgan fingerprint density at radius 3 is 2.35 bits per heavy atom. The highest BCUT2D eigenvalue weighted by Crippen LogP contribution is 2.31. The number of carbonyl (C=O) groups is 1. The first kappa shape index (κ1) is 27.4. The molecule has 0 bridgehead atoms. The normalized spacial score (nSPS) is 15.2. The van der Waals surface area contributed by atoms with Gasteiger partial charge >= 0.3 is 5.97 Å². The fourth-order valence-corrected chi connectivity index (χ4v) is 6.27. The highest BCUT2D eigenvalue weighted by Gasteiger charge is 2.33. The average molecular weight is 555 g/mol. The van der Waals surface area contributed by atoms with Crippen molar-refractivity contribution in [3.63, 3.8) is 0 Å². The van der Waals surface area contributed by atoms with E-state index in [1.54, 1.807) is 18.4 Å². The van der Waals surface area contributed by atoms with Crippen LogP contribution in [0.15, 0.2) is 75.7 Å². The van der Waals surface area contributed by atoms with Crippen molar-refractivity contribution in [2.75, 3.05) is 25.6 Å². The molecule has 0 amide bonds. The van der Waals surface area contributed by atoms with E-state index in [2.05, 4.69) is 53.6 Å². The Bertz CT molecular complexity index is 1800. The highest BCUT2D eigenvalue weighted by atomic mass is 32.1. The van der Waals surface area contributed by atoms with Crippen molar-refractivity contribution in [2.24, 2.45) is 4.99 Å².